The normalized spacial score (nSPS) is 10.5. The van der Waals surface area contributed by atoms with Crippen LogP contribution in [0.5, 0.6) is 0 Å². The second-order valence-electron chi connectivity index (χ2n) is 2.13. The Labute approximate surface area is 88.6 Å². The number of nitro groups is 1. The maximum absolute atomic E-state index is 10.2. The molecule has 0 aliphatic heterocycles. The first-order valence-corrected chi connectivity index (χ1v) is 4.40. The lowest BCUT2D eigenvalue weighted by Gasteiger charge is -1.90. The van der Waals surface area contributed by atoms with E-state index in [2.05, 4.69) is 6.58 Å². The van der Waals surface area contributed by atoms with Gasteiger partial charge in [0.25, 0.3) is 5.70 Å². The molecule has 0 rings (SSSR count). The van der Waals surface area contributed by atoms with E-state index in [4.69, 9.17) is 5.11 Å². The first-order valence-electron chi connectivity index (χ1n) is 4.40. The second kappa shape index (κ2) is 8.68. The molecule has 84 valence electrons. The summed E-state index contributed by atoms with van der Waals surface area (Å²) >= 11 is 0. The summed E-state index contributed by atoms with van der Waals surface area (Å²) in [4.78, 5) is 19.8. The molecule has 0 aromatic carbocycles. The predicted octanol–water partition coefficient (Wildman–Crippen LogP) is 2.39. The molecule has 0 aromatic heterocycles. The monoisotopic (exact) mass is 213 g/mol. The number of carboxylic acids is 1. The molecule has 0 amide bonds. The molecule has 5 heteroatoms. The minimum atomic E-state index is -1.20. The van der Waals surface area contributed by atoms with Crippen molar-refractivity contribution in [2.45, 2.75) is 20.8 Å². The second-order valence-corrected chi connectivity index (χ2v) is 2.13. The molecular weight excluding hydrogens is 198 g/mol. The molecule has 0 fully saturated rings. The fourth-order valence-corrected chi connectivity index (χ4v) is 0.520. The quantitative estimate of drug-likeness (QED) is 0.336. The van der Waals surface area contributed by atoms with Gasteiger partial charge in [0, 0.05) is 6.08 Å². The van der Waals surface area contributed by atoms with Crippen molar-refractivity contribution in [2.24, 2.45) is 0 Å². The summed E-state index contributed by atoms with van der Waals surface area (Å²) in [6, 6.07) is 0. The van der Waals surface area contributed by atoms with Crippen LogP contribution in [0.1, 0.15) is 20.8 Å². The maximum atomic E-state index is 10.2. The smallest absolute Gasteiger partial charge is 0.335 e. The van der Waals surface area contributed by atoms with Gasteiger partial charge in [-0.2, -0.15) is 0 Å². The van der Waals surface area contributed by atoms with E-state index in [0.717, 1.165) is 12.2 Å². The Morgan fingerprint density at radius 3 is 2.13 bits per heavy atom. The Bertz CT molecular complexity index is 303. The Balaban J connectivity index is 0. The Morgan fingerprint density at radius 2 is 1.87 bits per heavy atom. The summed E-state index contributed by atoms with van der Waals surface area (Å²) in [6.07, 6.45) is 3.45. The Kier molecular flexibility index (Phi) is 9.00. The molecule has 15 heavy (non-hydrogen) atoms. The van der Waals surface area contributed by atoms with Crippen LogP contribution in [-0.4, -0.2) is 16.0 Å². The van der Waals surface area contributed by atoms with Crippen LogP contribution >= 0.6 is 0 Å². The van der Waals surface area contributed by atoms with Gasteiger partial charge in [-0.25, -0.2) is 4.79 Å². The van der Waals surface area contributed by atoms with E-state index < -0.39 is 10.9 Å². The highest BCUT2D eigenvalue weighted by molar-refractivity contribution is 5.89. The van der Waals surface area contributed by atoms with Crippen molar-refractivity contribution in [2.75, 3.05) is 0 Å². The number of nitrogens with zero attached hydrogens (tertiary/aromatic N) is 1. The molecule has 5 nitrogen and oxygen atoms in total. The van der Waals surface area contributed by atoms with Crippen molar-refractivity contribution in [3.05, 3.63) is 46.2 Å². The lowest BCUT2D eigenvalue weighted by atomic mass is 10.2. The van der Waals surface area contributed by atoms with Crippen LogP contribution in [0.15, 0.2) is 36.1 Å². The average Bonchev–Trinajstić information content (AvgIpc) is 2.20. The molecule has 0 saturated heterocycles. The lowest BCUT2D eigenvalue weighted by molar-refractivity contribution is -0.419. The molecule has 0 saturated carbocycles. The van der Waals surface area contributed by atoms with Crippen molar-refractivity contribution in [3.63, 3.8) is 0 Å². The van der Waals surface area contributed by atoms with Gasteiger partial charge in [-0.15, -0.1) is 0 Å². The lowest BCUT2D eigenvalue weighted by Crippen LogP contribution is -1.98. The van der Waals surface area contributed by atoms with E-state index in [1.807, 2.05) is 13.8 Å². The Morgan fingerprint density at radius 1 is 1.40 bits per heavy atom. The third kappa shape index (κ3) is 7.18. The highest BCUT2D eigenvalue weighted by atomic mass is 16.6. The molecule has 0 radical (unpaired) electrons. The van der Waals surface area contributed by atoms with Crippen molar-refractivity contribution in [1.29, 1.82) is 0 Å². The van der Waals surface area contributed by atoms with Gasteiger partial charge in [-0.05, 0) is 19.1 Å². The number of hydrogen-bond acceptors (Lipinski definition) is 3. The molecule has 0 aliphatic rings. The summed E-state index contributed by atoms with van der Waals surface area (Å²) in [7, 11) is 0. The standard InChI is InChI=1S/C8H9NO4.C2H6/c1-3-7(9(12)13)5-4-6(2)8(10)11;1-2/h3-5H,2H2,1H3,(H,10,11);1-2H3/b5-4-,7-3+;. The van der Waals surface area contributed by atoms with E-state index in [1.165, 1.54) is 13.0 Å². The fourth-order valence-electron chi connectivity index (χ4n) is 0.520. The van der Waals surface area contributed by atoms with Crippen LogP contribution in [0, 0.1) is 10.1 Å². The molecular formula is C10H15NO4. The molecule has 0 unspecified atom stereocenters. The highest BCUT2D eigenvalue weighted by Crippen LogP contribution is 2.01. The SMILES string of the molecule is C=C(/C=C\C(=C/C)[N+](=O)[O-])C(=O)O.CC. The summed E-state index contributed by atoms with van der Waals surface area (Å²) in [5.74, 6) is -1.20. The topological polar surface area (TPSA) is 80.4 Å². The molecule has 0 aromatic rings. The third-order valence-corrected chi connectivity index (χ3v) is 1.24. The number of allylic oxidation sites excluding steroid dienone is 2. The van der Waals surface area contributed by atoms with Gasteiger partial charge in [0.15, 0.2) is 0 Å². The molecule has 0 atom stereocenters. The minimum absolute atomic E-state index is 0.164. The summed E-state index contributed by atoms with van der Waals surface area (Å²) < 4.78 is 0. The van der Waals surface area contributed by atoms with Crippen molar-refractivity contribution in [1.82, 2.24) is 0 Å². The van der Waals surface area contributed by atoms with Crippen LogP contribution in [-0.2, 0) is 4.79 Å². The Hall–Kier alpha value is -1.91. The van der Waals surface area contributed by atoms with Crippen LogP contribution in [0.4, 0.5) is 0 Å². The molecule has 0 spiro atoms. The largest absolute Gasteiger partial charge is 0.478 e. The first-order chi connectivity index (χ1) is 6.99. The van der Waals surface area contributed by atoms with Gasteiger partial charge in [0.1, 0.15) is 0 Å². The zero-order valence-electron chi connectivity index (χ0n) is 9.06. The van der Waals surface area contributed by atoms with Crippen molar-refractivity contribution in [3.8, 4) is 0 Å². The minimum Gasteiger partial charge on any atom is -0.478 e. The number of hydrogen-bond donors (Lipinski definition) is 1. The third-order valence-electron chi connectivity index (χ3n) is 1.24. The van der Waals surface area contributed by atoms with Crippen LogP contribution in [0.2, 0.25) is 0 Å². The summed E-state index contributed by atoms with van der Waals surface area (Å²) in [5, 5.41) is 18.6. The average molecular weight is 213 g/mol. The summed E-state index contributed by atoms with van der Waals surface area (Å²) in [6.45, 7) is 8.68. The molecule has 0 heterocycles. The van der Waals surface area contributed by atoms with Gasteiger partial charge in [0.2, 0.25) is 0 Å². The number of carbonyl (C=O) groups is 1. The number of rotatable bonds is 4. The summed E-state index contributed by atoms with van der Waals surface area (Å²) in [5.41, 5.74) is -0.358. The van der Waals surface area contributed by atoms with Gasteiger partial charge < -0.3 is 5.11 Å². The van der Waals surface area contributed by atoms with E-state index in [0.29, 0.717) is 0 Å². The maximum Gasteiger partial charge on any atom is 0.335 e. The molecule has 1 N–H and O–H groups in total. The van der Waals surface area contributed by atoms with Crippen LogP contribution in [0.3, 0.4) is 0 Å². The number of carboxylic acid groups (broad SMARTS) is 1. The zero-order chi connectivity index (χ0) is 12.4. The number of aliphatic carboxylic acids is 1. The van der Waals surface area contributed by atoms with Gasteiger partial charge >= 0.3 is 5.97 Å². The van der Waals surface area contributed by atoms with E-state index >= 15 is 0 Å². The predicted molar refractivity (Wildman–Crippen MR) is 58.0 cm³/mol. The molecule has 0 bridgehead atoms. The van der Waals surface area contributed by atoms with Crippen molar-refractivity contribution < 1.29 is 14.8 Å². The van der Waals surface area contributed by atoms with E-state index in [9.17, 15) is 14.9 Å². The van der Waals surface area contributed by atoms with Gasteiger partial charge in [-0.3, -0.25) is 10.1 Å². The fraction of sp³-hybridized carbons (Fsp3) is 0.300. The first kappa shape index (κ1) is 15.6. The van der Waals surface area contributed by atoms with Gasteiger partial charge in [0.05, 0.1) is 10.5 Å². The highest BCUT2D eigenvalue weighted by Gasteiger charge is 2.04. The zero-order valence-corrected chi connectivity index (χ0v) is 9.06. The van der Waals surface area contributed by atoms with Crippen LogP contribution in [0.25, 0.3) is 0 Å². The molecule has 0 aliphatic carbocycles. The van der Waals surface area contributed by atoms with Crippen LogP contribution < -0.4 is 0 Å². The van der Waals surface area contributed by atoms with E-state index in [-0.39, 0.29) is 11.3 Å². The van der Waals surface area contributed by atoms with E-state index in [1.54, 1.807) is 0 Å². The van der Waals surface area contributed by atoms with Crippen molar-refractivity contribution >= 4 is 5.97 Å². The van der Waals surface area contributed by atoms with Gasteiger partial charge in [-0.1, -0.05) is 20.4 Å².